The summed E-state index contributed by atoms with van der Waals surface area (Å²) in [5.41, 5.74) is 0. The van der Waals surface area contributed by atoms with Gasteiger partial charge in [-0.1, -0.05) is 187 Å². The Morgan fingerprint density at radius 1 is 0.233 bits per heavy atom. The van der Waals surface area contributed by atoms with Gasteiger partial charge in [-0.2, -0.15) is 0 Å². The molecular formula is C40H30NiP2. The van der Waals surface area contributed by atoms with Crippen LogP contribution in [0.25, 0.3) is 43.1 Å². The summed E-state index contributed by atoms with van der Waals surface area (Å²) in [5.74, 6) is 0. The molecule has 0 bridgehead atoms. The van der Waals surface area contributed by atoms with Gasteiger partial charge in [-0.15, -0.1) is 0 Å². The van der Waals surface area contributed by atoms with Crippen LogP contribution in [0.5, 0.6) is 0 Å². The molecule has 0 unspecified atom stereocenters. The predicted molar refractivity (Wildman–Crippen MR) is 191 cm³/mol. The number of rotatable bonds is 4. The van der Waals surface area contributed by atoms with Crippen LogP contribution in [0.15, 0.2) is 170 Å². The van der Waals surface area contributed by atoms with Gasteiger partial charge in [0.2, 0.25) is 0 Å². The normalized spacial score (nSPS) is 10.8. The van der Waals surface area contributed by atoms with E-state index in [-0.39, 0.29) is 16.5 Å². The third kappa shape index (κ3) is 6.42. The fraction of sp³-hybridized carbons (Fsp3) is 0. The van der Waals surface area contributed by atoms with Crippen LogP contribution in [0, 0.1) is 0 Å². The maximum Gasteiger partial charge on any atom is 0 e. The molecule has 8 aromatic carbocycles. The molecule has 0 aliphatic carbocycles. The van der Waals surface area contributed by atoms with Crippen molar-refractivity contribution < 1.29 is 16.5 Å². The van der Waals surface area contributed by atoms with E-state index in [0.717, 1.165) is 0 Å². The van der Waals surface area contributed by atoms with Gasteiger partial charge in [0.05, 0.1) is 0 Å². The fourth-order valence-corrected chi connectivity index (χ4v) is 8.38. The Hall–Kier alpha value is -3.85. The Balaban J connectivity index is 0.000000150. The summed E-state index contributed by atoms with van der Waals surface area (Å²) in [6, 6.07) is 61.0. The minimum Gasteiger partial charge on any atom is -0.0616 e. The van der Waals surface area contributed by atoms with Crippen LogP contribution in [-0.4, -0.2) is 0 Å². The summed E-state index contributed by atoms with van der Waals surface area (Å²) in [5, 5.41) is 16.4. The summed E-state index contributed by atoms with van der Waals surface area (Å²) in [7, 11) is 1.37. The molecule has 0 heterocycles. The third-order valence-corrected chi connectivity index (χ3v) is 10.5. The Morgan fingerprint density at radius 3 is 0.698 bits per heavy atom. The molecule has 0 amide bonds. The Labute approximate surface area is 266 Å². The smallest absolute Gasteiger partial charge is 0 e. The number of hydrogen-bond acceptors (Lipinski definition) is 0. The van der Waals surface area contributed by atoms with Crippen molar-refractivity contribution in [2.24, 2.45) is 0 Å². The van der Waals surface area contributed by atoms with Crippen LogP contribution in [0.3, 0.4) is 0 Å². The standard InChI is InChI=1S/2C20H15P.Ni/c2*1-3-11-17-15(7-1)9-5-13-19(17)21-20-14-6-10-16-8-2-4-12-18(16)20;/h2*1-14,21H;. The van der Waals surface area contributed by atoms with Crippen molar-refractivity contribution in [3.63, 3.8) is 0 Å². The van der Waals surface area contributed by atoms with Gasteiger partial charge < -0.3 is 0 Å². The van der Waals surface area contributed by atoms with E-state index >= 15 is 0 Å². The van der Waals surface area contributed by atoms with Crippen molar-refractivity contribution in [2.75, 3.05) is 0 Å². The minimum absolute atomic E-state index is 0. The van der Waals surface area contributed by atoms with Gasteiger partial charge in [0.1, 0.15) is 0 Å². The van der Waals surface area contributed by atoms with E-state index in [1.54, 1.807) is 0 Å². The number of benzene rings is 8. The third-order valence-electron chi connectivity index (χ3n) is 7.70. The van der Waals surface area contributed by atoms with Crippen molar-refractivity contribution in [3.8, 4) is 0 Å². The van der Waals surface area contributed by atoms with E-state index in [2.05, 4.69) is 170 Å². The van der Waals surface area contributed by atoms with Crippen molar-refractivity contribution in [1.82, 2.24) is 0 Å². The van der Waals surface area contributed by atoms with Gasteiger partial charge in [-0.05, 0) is 64.3 Å². The van der Waals surface area contributed by atoms with Crippen LogP contribution in [-0.2, 0) is 16.5 Å². The first-order valence-electron chi connectivity index (χ1n) is 14.3. The zero-order valence-corrected chi connectivity index (χ0v) is 26.5. The Kier molecular flexibility index (Phi) is 9.27. The quantitative estimate of drug-likeness (QED) is 0.134. The second kappa shape index (κ2) is 13.6. The van der Waals surface area contributed by atoms with Crippen molar-refractivity contribution in [1.29, 1.82) is 0 Å². The molecule has 0 saturated heterocycles. The Bertz CT molecular complexity index is 1840. The van der Waals surface area contributed by atoms with Crippen LogP contribution in [0.4, 0.5) is 0 Å². The summed E-state index contributed by atoms with van der Waals surface area (Å²) in [6.07, 6.45) is 0. The molecule has 3 heteroatoms. The molecule has 210 valence electrons. The number of hydrogen-bond donors (Lipinski definition) is 0. The van der Waals surface area contributed by atoms with Gasteiger partial charge >= 0.3 is 0 Å². The molecule has 0 aliphatic heterocycles. The van der Waals surface area contributed by atoms with E-state index in [0.29, 0.717) is 17.2 Å². The van der Waals surface area contributed by atoms with E-state index < -0.39 is 0 Å². The van der Waals surface area contributed by atoms with Crippen LogP contribution < -0.4 is 21.2 Å². The molecule has 0 spiro atoms. The summed E-state index contributed by atoms with van der Waals surface area (Å²) >= 11 is 0. The molecular weight excluding hydrogens is 601 g/mol. The van der Waals surface area contributed by atoms with Crippen molar-refractivity contribution in [2.45, 2.75) is 0 Å². The van der Waals surface area contributed by atoms with Gasteiger partial charge in [0, 0.05) is 16.5 Å². The largest absolute Gasteiger partial charge is 0.0616 e. The average molecular weight is 631 g/mol. The minimum atomic E-state index is 0. The van der Waals surface area contributed by atoms with Crippen molar-refractivity contribution in [3.05, 3.63) is 170 Å². The van der Waals surface area contributed by atoms with Gasteiger partial charge in [-0.3, -0.25) is 0 Å². The molecule has 0 N–H and O–H groups in total. The van der Waals surface area contributed by atoms with Crippen LogP contribution in [0.2, 0.25) is 0 Å². The molecule has 0 fully saturated rings. The molecule has 0 nitrogen and oxygen atoms in total. The molecule has 0 atom stereocenters. The monoisotopic (exact) mass is 630 g/mol. The zero-order valence-electron chi connectivity index (χ0n) is 23.5. The van der Waals surface area contributed by atoms with Crippen LogP contribution >= 0.6 is 17.2 Å². The van der Waals surface area contributed by atoms with E-state index in [1.165, 1.54) is 64.3 Å². The first kappa shape index (κ1) is 29.2. The molecule has 8 rings (SSSR count). The Morgan fingerprint density at radius 2 is 0.442 bits per heavy atom. The van der Waals surface area contributed by atoms with Gasteiger partial charge in [-0.25, -0.2) is 0 Å². The van der Waals surface area contributed by atoms with Gasteiger partial charge in [0.25, 0.3) is 0 Å². The molecule has 8 aromatic rings. The van der Waals surface area contributed by atoms with E-state index in [9.17, 15) is 0 Å². The van der Waals surface area contributed by atoms with E-state index in [4.69, 9.17) is 0 Å². The van der Waals surface area contributed by atoms with Crippen molar-refractivity contribution >= 4 is 81.5 Å². The predicted octanol–water partition coefficient (Wildman–Crippen LogP) is 9.24. The molecule has 43 heavy (non-hydrogen) atoms. The second-order valence-corrected chi connectivity index (χ2v) is 13.0. The molecule has 0 radical (unpaired) electrons. The first-order chi connectivity index (χ1) is 20.8. The number of fused-ring (bicyclic) bond motifs is 4. The average Bonchev–Trinajstić information content (AvgIpc) is 3.06. The maximum absolute atomic E-state index is 2.25. The maximum atomic E-state index is 2.25. The first-order valence-corrected chi connectivity index (χ1v) is 16.3. The summed E-state index contributed by atoms with van der Waals surface area (Å²) in [4.78, 5) is 0. The summed E-state index contributed by atoms with van der Waals surface area (Å²) in [6.45, 7) is 0. The fourth-order valence-electron chi connectivity index (χ4n) is 5.63. The zero-order chi connectivity index (χ0) is 28.1. The van der Waals surface area contributed by atoms with Gasteiger partial charge in [0.15, 0.2) is 0 Å². The summed E-state index contributed by atoms with van der Waals surface area (Å²) < 4.78 is 0. The SMILES string of the molecule is [Ni].c1ccc2c(Pc3cccc4ccccc34)cccc2c1.c1ccc2c(Pc3cccc4ccccc34)cccc2c1. The molecule has 0 aliphatic rings. The topological polar surface area (TPSA) is 0 Å². The molecule has 0 saturated carbocycles. The molecule has 0 aromatic heterocycles. The second-order valence-electron chi connectivity index (χ2n) is 10.4. The van der Waals surface area contributed by atoms with E-state index in [1.807, 2.05) is 0 Å². The van der Waals surface area contributed by atoms with Crippen LogP contribution in [0.1, 0.15) is 0 Å².